The van der Waals surface area contributed by atoms with Crippen LogP contribution in [0, 0.1) is 5.82 Å². The van der Waals surface area contributed by atoms with Gasteiger partial charge in [-0.3, -0.25) is 0 Å². The molecule has 122 valence electrons. The first-order valence-electron chi connectivity index (χ1n) is 6.77. The SMILES string of the molecule is NS(=O)(=O)c1cccc(NC(=O)NCCc2ccccc2F)c1. The first-order valence-corrected chi connectivity index (χ1v) is 8.32. The van der Waals surface area contributed by atoms with E-state index in [0.29, 0.717) is 17.7 Å². The van der Waals surface area contributed by atoms with Crippen LogP contribution in [0.2, 0.25) is 0 Å². The molecule has 0 aromatic heterocycles. The minimum Gasteiger partial charge on any atom is -0.338 e. The summed E-state index contributed by atoms with van der Waals surface area (Å²) < 4.78 is 35.9. The van der Waals surface area contributed by atoms with Gasteiger partial charge in [0.2, 0.25) is 10.0 Å². The molecule has 2 amide bonds. The van der Waals surface area contributed by atoms with E-state index in [1.165, 1.54) is 30.3 Å². The Labute approximate surface area is 133 Å². The summed E-state index contributed by atoms with van der Waals surface area (Å²) in [4.78, 5) is 11.7. The van der Waals surface area contributed by atoms with Gasteiger partial charge < -0.3 is 10.6 Å². The molecule has 0 aliphatic heterocycles. The van der Waals surface area contributed by atoms with Crippen molar-refractivity contribution < 1.29 is 17.6 Å². The Hall–Kier alpha value is -2.45. The van der Waals surface area contributed by atoms with Crippen molar-refractivity contribution in [1.82, 2.24) is 5.32 Å². The maximum atomic E-state index is 13.4. The van der Waals surface area contributed by atoms with Gasteiger partial charge in [0.05, 0.1) is 4.90 Å². The summed E-state index contributed by atoms with van der Waals surface area (Å²) in [5.74, 6) is -0.324. The fourth-order valence-corrected chi connectivity index (χ4v) is 2.50. The van der Waals surface area contributed by atoms with Gasteiger partial charge >= 0.3 is 6.03 Å². The lowest BCUT2D eigenvalue weighted by atomic mass is 10.1. The van der Waals surface area contributed by atoms with E-state index in [2.05, 4.69) is 10.6 Å². The molecule has 0 heterocycles. The molecule has 2 aromatic rings. The summed E-state index contributed by atoms with van der Waals surface area (Å²) in [6, 6.07) is 11.4. The van der Waals surface area contributed by atoms with Crippen LogP contribution in [-0.2, 0) is 16.4 Å². The van der Waals surface area contributed by atoms with Crippen molar-refractivity contribution in [2.45, 2.75) is 11.3 Å². The monoisotopic (exact) mass is 337 g/mol. The zero-order valence-corrected chi connectivity index (χ0v) is 12.9. The number of nitrogens with one attached hydrogen (secondary N) is 2. The van der Waals surface area contributed by atoms with E-state index in [4.69, 9.17) is 5.14 Å². The van der Waals surface area contributed by atoms with Crippen molar-refractivity contribution in [3.8, 4) is 0 Å². The normalized spacial score (nSPS) is 11.0. The summed E-state index contributed by atoms with van der Waals surface area (Å²) in [6.07, 6.45) is 0.345. The quantitative estimate of drug-likeness (QED) is 0.776. The number of nitrogens with two attached hydrogens (primary N) is 1. The predicted octanol–water partition coefficient (Wildman–Crippen LogP) is 1.84. The van der Waals surface area contributed by atoms with Gasteiger partial charge in [0, 0.05) is 12.2 Å². The fourth-order valence-electron chi connectivity index (χ4n) is 1.94. The number of carbonyl (C=O) groups excluding carboxylic acids is 1. The van der Waals surface area contributed by atoms with E-state index in [1.54, 1.807) is 18.2 Å². The smallest absolute Gasteiger partial charge is 0.319 e. The molecule has 2 rings (SSSR count). The molecule has 2 aromatic carbocycles. The molecule has 0 saturated carbocycles. The van der Waals surface area contributed by atoms with E-state index in [9.17, 15) is 17.6 Å². The summed E-state index contributed by atoms with van der Waals surface area (Å²) in [5, 5.41) is 10.1. The standard InChI is InChI=1S/C15H16FN3O3S/c16-14-7-2-1-4-11(14)8-9-18-15(20)19-12-5-3-6-13(10-12)23(17,21)22/h1-7,10H,8-9H2,(H2,17,21,22)(H2,18,19,20). The Kier molecular flexibility index (Phi) is 5.30. The molecule has 4 N–H and O–H groups in total. The highest BCUT2D eigenvalue weighted by Crippen LogP contribution is 2.13. The van der Waals surface area contributed by atoms with Crippen molar-refractivity contribution in [2.24, 2.45) is 5.14 Å². The molecule has 0 atom stereocenters. The molecule has 0 aliphatic carbocycles. The van der Waals surface area contributed by atoms with Gasteiger partial charge in [-0.05, 0) is 36.2 Å². The van der Waals surface area contributed by atoms with E-state index >= 15 is 0 Å². The Morgan fingerprint density at radius 2 is 1.87 bits per heavy atom. The number of carbonyl (C=O) groups is 1. The predicted molar refractivity (Wildman–Crippen MR) is 84.9 cm³/mol. The lowest BCUT2D eigenvalue weighted by Gasteiger charge is -2.09. The first kappa shape index (κ1) is 16.9. The summed E-state index contributed by atoms with van der Waals surface area (Å²) in [5.41, 5.74) is 0.795. The van der Waals surface area contributed by atoms with Crippen molar-refractivity contribution >= 4 is 21.7 Å². The van der Waals surface area contributed by atoms with E-state index in [1.807, 2.05) is 0 Å². The second-order valence-corrected chi connectivity index (χ2v) is 6.36. The third-order valence-electron chi connectivity index (χ3n) is 3.06. The molecule has 23 heavy (non-hydrogen) atoms. The van der Waals surface area contributed by atoms with Crippen molar-refractivity contribution in [1.29, 1.82) is 0 Å². The number of anilines is 1. The van der Waals surface area contributed by atoms with Crippen LogP contribution >= 0.6 is 0 Å². The van der Waals surface area contributed by atoms with Crippen LogP contribution in [0.1, 0.15) is 5.56 Å². The second kappa shape index (κ2) is 7.21. The highest BCUT2D eigenvalue weighted by atomic mass is 32.2. The second-order valence-electron chi connectivity index (χ2n) is 4.80. The van der Waals surface area contributed by atoms with Crippen molar-refractivity contribution in [3.05, 3.63) is 59.9 Å². The topological polar surface area (TPSA) is 101 Å². The Bertz CT molecular complexity index is 809. The largest absolute Gasteiger partial charge is 0.338 e. The molecule has 6 nitrogen and oxygen atoms in total. The van der Waals surface area contributed by atoms with Crippen LogP contribution in [0.5, 0.6) is 0 Å². The van der Waals surface area contributed by atoms with Gasteiger partial charge in [0.15, 0.2) is 0 Å². The van der Waals surface area contributed by atoms with Gasteiger partial charge in [0.1, 0.15) is 5.82 Å². The molecule has 0 aliphatic rings. The molecule has 0 spiro atoms. The third kappa shape index (κ3) is 5.04. The van der Waals surface area contributed by atoms with E-state index in [-0.39, 0.29) is 17.3 Å². The lowest BCUT2D eigenvalue weighted by Crippen LogP contribution is -2.30. The Morgan fingerprint density at radius 1 is 1.13 bits per heavy atom. The number of benzene rings is 2. The maximum Gasteiger partial charge on any atom is 0.319 e. The molecule has 0 bridgehead atoms. The minimum atomic E-state index is -3.83. The van der Waals surface area contributed by atoms with E-state index in [0.717, 1.165) is 0 Å². The number of urea groups is 1. The molecular weight excluding hydrogens is 321 g/mol. The molecular formula is C15H16FN3O3S. The van der Waals surface area contributed by atoms with Crippen molar-refractivity contribution in [2.75, 3.05) is 11.9 Å². The molecule has 0 saturated heterocycles. The Balaban J connectivity index is 1.89. The molecule has 0 radical (unpaired) electrons. The van der Waals surface area contributed by atoms with Gasteiger partial charge in [-0.2, -0.15) is 0 Å². The average Bonchev–Trinajstić information content (AvgIpc) is 2.48. The Morgan fingerprint density at radius 3 is 2.57 bits per heavy atom. The number of rotatable bonds is 5. The molecule has 8 heteroatoms. The molecule has 0 fully saturated rings. The summed E-state index contributed by atoms with van der Waals surface area (Å²) in [6.45, 7) is 0.238. The van der Waals surface area contributed by atoms with Crippen LogP contribution in [0.15, 0.2) is 53.4 Å². The van der Waals surface area contributed by atoms with E-state index < -0.39 is 16.1 Å². The average molecular weight is 337 g/mol. The number of halogens is 1. The van der Waals surface area contributed by atoms with Crippen LogP contribution in [0.3, 0.4) is 0 Å². The van der Waals surface area contributed by atoms with Crippen LogP contribution in [0.25, 0.3) is 0 Å². The lowest BCUT2D eigenvalue weighted by molar-refractivity contribution is 0.252. The fraction of sp³-hybridized carbons (Fsp3) is 0.133. The highest BCUT2D eigenvalue weighted by Gasteiger charge is 2.09. The summed E-state index contributed by atoms with van der Waals surface area (Å²) >= 11 is 0. The first-order chi connectivity index (χ1) is 10.9. The number of amides is 2. The van der Waals surface area contributed by atoms with Crippen LogP contribution in [-0.4, -0.2) is 21.0 Å². The zero-order chi connectivity index (χ0) is 16.9. The zero-order valence-electron chi connectivity index (χ0n) is 12.1. The number of primary sulfonamides is 1. The van der Waals surface area contributed by atoms with Crippen molar-refractivity contribution in [3.63, 3.8) is 0 Å². The summed E-state index contributed by atoms with van der Waals surface area (Å²) in [7, 11) is -3.83. The maximum absolute atomic E-state index is 13.4. The third-order valence-corrected chi connectivity index (χ3v) is 3.97. The van der Waals surface area contributed by atoms with Crippen LogP contribution < -0.4 is 15.8 Å². The number of sulfonamides is 1. The highest BCUT2D eigenvalue weighted by molar-refractivity contribution is 7.89. The van der Waals surface area contributed by atoms with Crippen LogP contribution in [0.4, 0.5) is 14.9 Å². The number of hydrogen-bond acceptors (Lipinski definition) is 3. The molecule has 0 unspecified atom stereocenters. The van der Waals surface area contributed by atoms with Gasteiger partial charge in [-0.1, -0.05) is 24.3 Å². The van der Waals surface area contributed by atoms with Gasteiger partial charge in [-0.15, -0.1) is 0 Å². The number of hydrogen-bond donors (Lipinski definition) is 3. The van der Waals surface area contributed by atoms with Gasteiger partial charge in [0.25, 0.3) is 0 Å². The minimum absolute atomic E-state index is 0.0957. The van der Waals surface area contributed by atoms with Gasteiger partial charge in [-0.25, -0.2) is 22.7 Å².